The molecule has 1 fully saturated rings. The van der Waals surface area contributed by atoms with Crippen LogP contribution in [0, 0.1) is 0 Å². The molecule has 1 atom stereocenters. The maximum Gasteiger partial charge on any atom is 0.319 e. The normalized spacial score (nSPS) is 19.4. The lowest BCUT2D eigenvalue weighted by Gasteiger charge is -2.26. The Labute approximate surface area is 110 Å². The Bertz CT molecular complexity index is 210. The molecule has 1 unspecified atom stereocenters. The summed E-state index contributed by atoms with van der Waals surface area (Å²) in [6.45, 7) is 6.24. The van der Waals surface area contributed by atoms with E-state index in [1.165, 1.54) is 7.11 Å². The van der Waals surface area contributed by atoms with Crippen LogP contribution in [0.2, 0.25) is 0 Å². The number of halogens is 1. The number of morpholine rings is 1. The Balaban J connectivity index is 2.00. The predicted molar refractivity (Wildman–Crippen MR) is 70.0 cm³/mol. The summed E-state index contributed by atoms with van der Waals surface area (Å²) in [6, 6.07) is 0. The quantitative estimate of drug-likeness (QED) is 0.316. The van der Waals surface area contributed by atoms with E-state index in [1.807, 2.05) is 0 Å². The van der Waals surface area contributed by atoms with Gasteiger partial charge in [0.05, 0.1) is 20.3 Å². The molecule has 1 aliphatic rings. The number of alkyl halides is 1. The van der Waals surface area contributed by atoms with E-state index in [1.54, 1.807) is 0 Å². The molecule has 0 aromatic carbocycles. The van der Waals surface area contributed by atoms with E-state index in [4.69, 9.17) is 4.74 Å². The molecule has 0 saturated carbocycles. The number of nitrogens with zero attached hydrogens (tertiary/aromatic N) is 1. The van der Waals surface area contributed by atoms with Crippen molar-refractivity contribution in [3.63, 3.8) is 0 Å². The fourth-order valence-electron chi connectivity index (χ4n) is 1.50. The number of esters is 1. The number of carbonyl (C=O) groups excluding carboxylic acids is 1. The van der Waals surface area contributed by atoms with E-state index >= 15 is 0 Å². The lowest BCUT2D eigenvalue weighted by atomic mass is 10.4. The lowest BCUT2D eigenvalue weighted by Crippen LogP contribution is -2.41. The highest BCUT2D eigenvalue weighted by molar-refractivity contribution is 14.1. The molecular weight excluding hydrogens is 323 g/mol. The Hall–Kier alpha value is 0.0800. The van der Waals surface area contributed by atoms with Gasteiger partial charge in [-0.25, -0.2) is 0 Å². The molecule has 0 aromatic rings. The minimum absolute atomic E-state index is 0.104. The fraction of sp³-hybridized carbons (Fsp3) is 0.900. The SMILES string of the molecule is COC(=O)C(I)CNCCN1CCOCC1. The molecular formula is C10H19IN2O3. The first-order valence-corrected chi connectivity index (χ1v) is 6.71. The third kappa shape index (κ3) is 5.42. The standard InChI is InChI=1S/C10H19IN2O3/c1-15-10(14)9(11)8-12-2-3-13-4-6-16-7-5-13/h9,12H,2-8H2,1H3. The molecule has 1 rings (SSSR count). The molecule has 0 bridgehead atoms. The highest BCUT2D eigenvalue weighted by Crippen LogP contribution is 2.00. The van der Waals surface area contributed by atoms with Crippen LogP contribution in [0.4, 0.5) is 0 Å². The Morgan fingerprint density at radius 2 is 2.25 bits per heavy atom. The average molecular weight is 342 g/mol. The summed E-state index contributed by atoms with van der Waals surface area (Å²) in [7, 11) is 1.42. The zero-order chi connectivity index (χ0) is 11.8. The van der Waals surface area contributed by atoms with E-state index in [0.717, 1.165) is 39.4 Å². The lowest BCUT2D eigenvalue weighted by molar-refractivity contribution is -0.139. The van der Waals surface area contributed by atoms with E-state index in [2.05, 4.69) is 37.5 Å². The first-order valence-electron chi connectivity index (χ1n) is 5.46. The van der Waals surface area contributed by atoms with Crippen LogP contribution in [0.5, 0.6) is 0 Å². The summed E-state index contributed by atoms with van der Waals surface area (Å²) >= 11 is 2.09. The first-order chi connectivity index (χ1) is 7.74. The highest BCUT2D eigenvalue weighted by Gasteiger charge is 2.14. The molecule has 0 aliphatic carbocycles. The minimum Gasteiger partial charge on any atom is -0.468 e. The van der Waals surface area contributed by atoms with Gasteiger partial charge >= 0.3 is 5.97 Å². The van der Waals surface area contributed by atoms with Crippen LogP contribution in [0.25, 0.3) is 0 Å². The van der Waals surface area contributed by atoms with Crippen molar-refractivity contribution in [1.82, 2.24) is 10.2 Å². The summed E-state index contributed by atoms with van der Waals surface area (Å²) in [5, 5.41) is 3.26. The highest BCUT2D eigenvalue weighted by atomic mass is 127. The molecule has 0 amide bonds. The zero-order valence-electron chi connectivity index (χ0n) is 9.58. The third-order valence-electron chi connectivity index (χ3n) is 2.49. The number of rotatable bonds is 6. The smallest absolute Gasteiger partial charge is 0.319 e. The van der Waals surface area contributed by atoms with Gasteiger partial charge in [-0.2, -0.15) is 0 Å². The summed E-state index contributed by atoms with van der Waals surface area (Å²) < 4.78 is 9.81. The summed E-state index contributed by atoms with van der Waals surface area (Å²) in [6.07, 6.45) is 0. The van der Waals surface area contributed by atoms with Crippen molar-refractivity contribution >= 4 is 28.6 Å². The van der Waals surface area contributed by atoms with Gasteiger partial charge in [0, 0.05) is 32.7 Å². The molecule has 16 heavy (non-hydrogen) atoms. The van der Waals surface area contributed by atoms with Crippen molar-refractivity contribution in [2.45, 2.75) is 3.92 Å². The van der Waals surface area contributed by atoms with E-state index in [-0.39, 0.29) is 9.89 Å². The third-order valence-corrected chi connectivity index (χ3v) is 3.44. The molecule has 1 aliphatic heterocycles. The summed E-state index contributed by atoms with van der Waals surface area (Å²) in [5.74, 6) is -0.167. The molecule has 0 spiro atoms. The van der Waals surface area contributed by atoms with Gasteiger partial charge in [-0.1, -0.05) is 22.6 Å². The summed E-state index contributed by atoms with van der Waals surface area (Å²) in [5.41, 5.74) is 0. The molecule has 0 aromatic heterocycles. The minimum atomic E-state index is -0.167. The van der Waals surface area contributed by atoms with Gasteiger partial charge in [0.25, 0.3) is 0 Å². The van der Waals surface area contributed by atoms with Crippen molar-refractivity contribution in [2.24, 2.45) is 0 Å². The molecule has 1 heterocycles. The van der Waals surface area contributed by atoms with E-state index in [9.17, 15) is 4.79 Å². The van der Waals surface area contributed by atoms with Crippen LogP contribution < -0.4 is 5.32 Å². The van der Waals surface area contributed by atoms with Gasteiger partial charge in [0.1, 0.15) is 3.92 Å². The molecule has 1 N–H and O–H groups in total. The van der Waals surface area contributed by atoms with Gasteiger partial charge < -0.3 is 14.8 Å². The number of nitrogens with one attached hydrogen (secondary N) is 1. The number of hydrogen-bond acceptors (Lipinski definition) is 5. The number of methoxy groups -OCH3 is 1. The topological polar surface area (TPSA) is 50.8 Å². The second-order valence-electron chi connectivity index (χ2n) is 3.65. The van der Waals surface area contributed by atoms with Crippen molar-refractivity contribution in [1.29, 1.82) is 0 Å². The monoisotopic (exact) mass is 342 g/mol. The Morgan fingerprint density at radius 3 is 2.88 bits per heavy atom. The van der Waals surface area contributed by atoms with Crippen LogP contribution in [0.1, 0.15) is 0 Å². The largest absolute Gasteiger partial charge is 0.468 e. The van der Waals surface area contributed by atoms with Gasteiger partial charge in [-0.05, 0) is 0 Å². The number of hydrogen-bond donors (Lipinski definition) is 1. The second kappa shape index (κ2) is 8.21. The van der Waals surface area contributed by atoms with Crippen molar-refractivity contribution in [2.75, 3.05) is 53.0 Å². The van der Waals surface area contributed by atoms with Gasteiger partial charge in [-0.3, -0.25) is 9.69 Å². The molecule has 0 radical (unpaired) electrons. The summed E-state index contributed by atoms with van der Waals surface area (Å²) in [4.78, 5) is 13.5. The second-order valence-corrected chi connectivity index (χ2v) is 5.15. The molecule has 6 heteroatoms. The maximum atomic E-state index is 11.1. The first kappa shape index (κ1) is 14.1. The van der Waals surface area contributed by atoms with Crippen LogP contribution in [0.3, 0.4) is 0 Å². The maximum absolute atomic E-state index is 11.1. The Morgan fingerprint density at radius 1 is 1.56 bits per heavy atom. The van der Waals surface area contributed by atoms with Gasteiger partial charge in [-0.15, -0.1) is 0 Å². The average Bonchev–Trinajstić information content (AvgIpc) is 2.34. The molecule has 1 saturated heterocycles. The van der Waals surface area contributed by atoms with E-state index in [0.29, 0.717) is 6.54 Å². The fourth-order valence-corrected chi connectivity index (χ4v) is 2.07. The zero-order valence-corrected chi connectivity index (χ0v) is 11.7. The van der Waals surface area contributed by atoms with Crippen molar-refractivity contribution in [3.05, 3.63) is 0 Å². The molecule has 94 valence electrons. The van der Waals surface area contributed by atoms with Gasteiger partial charge in [0.2, 0.25) is 0 Å². The van der Waals surface area contributed by atoms with Crippen LogP contribution in [0.15, 0.2) is 0 Å². The van der Waals surface area contributed by atoms with Crippen molar-refractivity contribution in [3.8, 4) is 0 Å². The number of ether oxygens (including phenoxy) is 2. The predicted octanol–water partition coefficient (Wildman–Crippen LogP) is -0.115. The van der Waals surface area contributed by atoms with E-state index < -0.39 is 0 Å². The Kier molecular flexibility index (Phi) is 7.26. The van der Waals surface area contributed by atoms with Crippen LogP contribution >= 0.6 is 22.6 Å². The van der Waals surface area contributed by atoms with Crippen LogP contribution in [-0.4, -0.2) is 67.8 Å². The molecule has 5 nitrogen and oxygen atoms in total. The number of carbonyl (C=O) groups is 1. The van der Waals surface area contributed by atoms with Crippen molar-refractivity contribution < 1.29 is 14.3 Å². The van der Waals surface area contributed by atoms with Crippen LogP contribution in [-0.2, 0) is 14.3 Å². The van der Waals surface area contributed by atoms with Gasteiger partial charge in [0.15, 0.2) is 0 Å².